The Labute approximate surface area is 516 Å². The Hall–Kier alpha value is -12.4. The van der Waals surface area contributed by atoms with Crippen molar-refractivity contribution in [2.75, 3.05) is 0 Å². The molecule has 0 radical (unpaired) electrons. The van der Waals surface area contributed by atoms with Crippen LogP contribution in [-0.4, -0.2) is 33.2 Å². The average Bonchev–Trinajstić information content (AvgIpc) is 1.61. The molecule has 0 saturated carbocycles. The molecule has 18 aromatic rings. The summed E-state index contributed by atoms with van der Waals surface area (Å²) < 4.78 is 9.63. The zero-order valence-electron chi connectivity index (χ0n) is 48.4. The van der Waals surface area contributed by atoms with Crippen molar-refractivity contribution >= 4 is 87.2 Å². The number of rotatable bonds is 9. The molecule has 8 heteroatoms. The van der Waals surface area contributed by atoms with Crippen molar-refractivity contribution in [3.8, 4) is 85.2 Å². The summed E-state index contributed by atoms with van der Waals surface area (Å²) in [7, 11) is 0. The number of hydrogen-bond donors (Lipinski definition) is 0. The van der Waals surface area contributed by atoms with Crippen LogP contribution in [0.25, 0.3) is 166 Å². The Bertz CT molecular complexity index is 5910. The van der Waals surface area contributed by atoms with Crippen LogP contribution in [0.4, 0.5) is 0 Å². The second-order valence-corrected chi connectivity index (χ2v) is 23.0. The van der Waals surface area contributed by atoms with Crippen LogP contribution in [-0.2, 0) is 0 Å². The Kier molecular flexibility index (Phi) is 11.5. The highest BCUT2D eigenvalue weighted by Crippen LogP contribution is 2.46. The SMILES string of the molecule is N#Cc1ccccc1-c1ccc(-n2c3ccccc3c3cc4c5ccccc5n(-c5ccccc5)c4cc32)c(-c2ccc(-n3c4ccccc4c4cc5c6ccccc6n(-c6ccccc6)c5cc43)c(-c3nc(-c4ccccc4)nc(-c4ccccc4)n3)c2)c1. The van der Waals surface area contributed by atoms with E-state index in [2.05, 4.69) is 267 Å². The molecule has 0 amide bonds. The number of aromatic nitrogens is 7. The molecule has 0 spiro atoms. The van der Waals surface area contributed by atoms with Crippen molar-refractivity contribution in [2.24, 2.45) is 0 Å². The van der Waals surface area contributed by atoms with Gasteiger partial charge < -0.3 is 18.3 Å². The van der Waals surface area contributed by atoms with E-state index in [0.717, 1.165) is 127 Å². The van der Waals surface area contributed by atoms with Gasteiger partial charge in [0.25, 0.3) is 0 Å². The summed E-state index contributed by atoms with van der Waals surface area (Å²) in [6, 6.07) is 110. The first kappa shape index (κ1) is 50.8. The van der Waals surface area contributed by atoms with Crippen molar-refractivity contribution in [2.45, 2.75) is 0 Å². The number of nitrogens with zero attached hydrogens (tertiary/aromatic N) is 8. The summed E-state index contributed by atoms with van der Waals surface area (Å²) >= 11 is 0. The van der Waals surface area contributed by atoms with E-state index in [1.54, 1.807) is 0 Å². The third-order valence-electron chi connectivity index (χ3n) is 18.0. The highest BCUT2D eigenvalue weighted by molar-refractivity contribution is 6.21. The second-order valence-electron chi connectivity index (χ2n) is 23.0. The number of nitriles is 1. The molecule has 13 aromatic carbocycles. The first-order valence-electron chi connectivity index (χ1n) is 30.3. The normalized spacial score (nSPS) is 11.8. The van der Waals surface area contributed by atoms with E-state index in [1.807, 2.05) is 60.7 Å². The maximum Gasteiger partial charge on any atom is 0.166 e. The summed E-state index contributed by atoms with van der Waals surface area (Å²) in [5.74, 6) is 1.64. The maximum absolute atomic E-state index is 10.7. The Morgan fingerprint density at radius 1 is 0.233 bits per heavy atom. The lowest BCUT2D eigenvalue weighted by molar-refractivity contribution is 1.06. The van der Waals surface area contributed by atoms with Crippen LogP contribution in [0, 0.1) is 11.3 Å². The molecule has 18 rings (SSSR count). The molecule has 5 heterocycles. The standard InChI is InChI=1S/C82H50N8/c83-51-56-27-13-14-32-59(56)54-41-43-74(89-72-39-21-17-35-62(72)67-47-65-60-33-15-19-37-70(60)87(76(65)49-78(67)89)57-28-9-3-10-29-57)64(45-54)55-42-44-75(69(46-55)82-85-80(52-23-5-1-6-24-52)84-81(86-82)53-25-7-2-8-26-53)90-73-40-22-18-36-63(73)68-48-66-61-34-16-20-38-71(61)88(77(66)50-79(68)90)58-30-11-4-12-31-58/h1-50H. The molecule has 0 unspecified atom stereocenters. The van der Waals surface area contributed by atoms with Gasteiger partial charge in [0.2, 0.25) is 0 Å². The van der Waals surface area contributed by atoms with Crippen LogP contribution in [0.5, 0.6) is 0 Å². The fraction of sp³-hybridized carbons (Fsp3) is 0. The van der Waals surface area contributed by atoms with E-state index >= 15 is 0 Å². The van der Waals surface area contributed by atoms with Gasteiger partial charge in [0, 0.05) is 76.7 Å². The van der Waals surface area contributed by atoms with E-state index in [1.165, 1.54) is 21.5 Å². The summed E-state index contributed by atoms with van der Waals surface area (Å²) in [6.07, 6.45) is 0. The van der Waals surface area contributed by atoms with E-state index in [9.17, 15) is 5.26 Å². The average molecular weight is 1150 g/mol. The van der Waals surface area contributed by atoms with Gasteiger partial charge in [0.1, 0.15) is 0 Å². The molecule has 90 heavy (non-hydrogen) atoms. The van der Waals surface area contributed by atoms with Crippen molar-refractivity contribution in [1.82, 2.24) is 33.2 Å². The summed E-state index contributed by atoms with van der Waals surface area (Å²) in [4.78, 5) is 16.3. The molecule has 0 saturated heterocycles. The molecule has 0 bridgehead atoms. The minimum absolute atomic E-state index is 0.519. The zero-order valence-corrected chi connectivity index (χ0v) is 48.4. The fourth-order valence-electron chi connectivity index (χ4n) is 14.1. The number of para-hydroxylation sites is 6. The summed E-state index contributed by atoms with van der Waals surface area (Å²) in [5.41, 5.74) is 19.6. The van der Waals surface area contributed by atoms with E-state index in [0.29, 0.717) is 23.0 Å². The quantitative estimate of drug-likeness (QED) is 0.144. The summed E-state index contributed by atoms with van der Waals surface area (Å²) in [6.45, 7) is 0. The lowest BCUT2D eigenvalue weighted by Crippen LogP contribution is -2.05. The number of benzene rings is 13. The van der Waals surface area contributed by atoms with Crippen molar-refractivity contribution in [3.63, 3.8) is 0 Å². The van der Waals surface area contributed by atoms with Crippen LogP contribution in [0.1, 0.15) is 5.56 Å². The molecule has 0 aliphatic heterocycles. The predicted octanol–water partition coefficient (Wildman–Crippen LogP) is 20.5. The Morgan fingerprint density at radius 2 is 0.578 bits per heavy atom. The maximum atomic E-state index is 10.7. The van der Waals surface area contributed by atoms with Crippen molar-refractivity contribution in [1.29, 1.82) is 5.26 Å². The number of hydrogen-bond acceptors (Lipinski definition) is 4. The van der Waals surface area contributed by atoms with Crippen LogP contribution in [0.15, 0.2) is 303 Å². The zero-order chi connectivity index (χ0) is 59.4. The van der Waals surface area contributed by atoms with Gasteiger partial charge in [-0.15, -0.1) is 0 Å². The topological polar surface area (TPSA) is 82.2 Å². The molecule has 0 aliphatic rings. The van der Waals surface area contributed by atoms with Crippen LogP contribution >= 0.6 is 0 Å². The van der Waals surface area contributed by atoms with Gasteiger partial charge in [-0.05, 0) is 120 Å². The highest BCUT2D eigenvalue weighted by atomic mass is 15.1. The predicted molar refractivity (Wildman–Crippen MR) is 369 cm³/mol. The molecule has 418 valence electrons. The Balaban J connectivity index is 0.962. The molecule has 0 fully saturated rings. The molecular weight excluding hydrogens is 1100 g/mol. The van der Waals surface area contributed by atoms with Crippen LogP contribution in [0.3, 0.4) is 0 Å². The number of fused-ring (bicyclic) bond motifs is 12. The van der Waals surface area contributed by atoms with Crippen molar-refractivity contribution in [3.05, 3.63) is 309 Å². The van der Waals surface area contributed by atoms with Gasteiger partial charge in [-0.2, -0.15) is 5.26 Å². The molecule has 0 aliphatic carbocycles. The Morgan fingerprint density at radius 3 is 1.03 bits per heavy atom. The monoisotopic (exact) mass is 1150 g/mol. The second kappa shape index (κ2) is 20.3. The first-order valence-corrected chi connectivity index (χ1v) is 30.3. The van der Waals surface area contributed by atoms with Crippen molar-refractivity contribution < 1.29 is 0 Å². The lowest BCUT2D eigenvalue weighted by Gasteiger charge is -2.19. The van der Waals surface area contributed by atoms with E-state index in [-0.39, 0.29) is 0 Å². The summed E-state index contributed by atoms with van der Waals surface area (Å²) in [5, 5.41) is 20.0. The minimum Gasteiger partial charge on any atom is -0.309 e. The molecule has 0 N–H and O–H groups in total. The largest absolute Gasteiger partial charge is 0.309 e. The van der Waals surface area contributed by atoms with Gasteiger partial charge >= 0.3 is 0 Å². The van der Waals surface area contributed by atoms with E-state index < -0.39 is 0 Å². The molecule has 0 atom stereocenters. The molecular formula is C82H50N8. The third-order valence-corrected chi connectivity index (χ3v) is 18.0. The smallest absolute Gasteiger partial charge is 0.166 e. The van der Waals surface area contributed by atoms with Gasteiger partial charge in [-0.1, -0.05) is 200 Å². The fourth-order valence-corrected chi connectivity index (χ4v) is 14.1. The van der Waals surface area contributed by atoms with Gasteiger partial charge in [-0.3, -0.25) is 0 Å². The van der Waals surface area contributed by atoms with Gasteiger partial charge in [-0.25, -0.2) is 15.0 Å². The van der Waals surface area contributed by atoms with Crippen LogP contribution < -0.4 is 0 Å². The first-order chi connectivity index (χ1) is 44.6. The van der Waals surface area contributed by atoms with Crippen LogP contribution in [0.2, 0.25) is 0 Å². The van der Waals surface area contributed by atoms with Gasteiger partial charge in [0.15, 0.2) is 17.5 Å². The molecule has 8 nitrogen and oxygen atoms in total. The minimum atomic E-state index is 0.519. The third kappa shape index (κ3) is 7.90. The van der Waals surface area contributed by atoms with Gasteiger partial charge in [0.05, 0.1) is 67.1 Å². The highest BCUT2D eigenvalue weighted by Gasteiger charge is 2.26. The lowest BCUT2D eigenvalue weighted by atomic mass is 9.93. The van der Waals surface area contributed by atoms with E-state index in [4.69, 9.17) is 15.0 Å². The molecule has 5 aromatic heterocycles.